The van der Waals surface area contributed by atoms with Gasteiger partial charge in [0.05, 0.1) is 21.7 Å². The summed E-state index contributed by atoms with van der Waals surface area (Å²) in [6.45, 7) is 2.08. The van der Waals surface area contributed by atoms with Crippen LogP contribution in [0, 0.1) is 12.3 Å². The Labute approximate surface area is 187 Å². The lowest BCUT2D eigenvalue weighted by atomic mass is 10.1. The standard InChI is InChI=1S/C23H18BrNO4S/c1-3-12-29-18-11-10-15(13-17(18)24)14-19-21(26)20(23(27)28-4-2)22(30-19)25-16-8-6-5-7-9-16/h1,5-11,13-14,26H,4,12H2,2H3/b19-14-,25-22?. The zero-order valence-electron chi connectivity index (χ0n) is 16.1. The topological polar surface area (TPSA) is 68.1 Å². The number of aliphatic imine (C=N–C) groups is 1. The Kier molecular flexibility index (Phi) is 7.39. The second kappa shape index (κ2) is 10.2. The van der Waals surface area contributed by atoms with Crippen molar-refractivity contribution in [3.63, 3.8) is 0 Å². The van der Waals surface area contributed by atoms with Crippen molar-refractivity contribution in [2.45, 2.75) is 6.92 Å². The van der Waals surface area contributed by atoms with Crippen LogP contribution < -0.4 is 4.74 Å². The fraction of sp³-hybridized carbons (Fsp3) is 0.130. The number of nitrogens with zero attached hydrogens (tertiary/aromatic N) is 1. The summed E-state index contributed by atoms with van der Waals surface area (Å²) in [5, 5.41) is 11.1. The van der Waals surface area contributed by atoms with E-state index in [0.29, 0.717) is 21.4 Å². The Balaban J connectivity index is 1.97. The minimum absolute atomic E-state index is 0.0602. The number of aliphatic hydroxyl groups excluding tert-OH is 1. The number of esters is 1. The second-order valence-corrected chi connectivity index (χ2v) is 7.87. The first-order chi connectivity index (χ1) is 14.5. The Morgan fingerprint density at radius 3 is 2.73 bits per heavy atom. The maximum absolute atomic E-state index is 12.5. The predicted octanol–water partition coefficient (Wildman–Crippen LogP) is 5.65. The molecule has 0 saturated carbocycles. The summed E-state index contributed by atoms with van der Waals surface area (Å²) in [6.07, 6.45) is 6.99. The minimum atomic E-state index is -0.611. The molecule has 1 heterocycles. The van der Waals surface area contributed by atoms with Crippen LogP contribution in [0.5, 0.6) is 5.75 Å². The fourth-order valence-corrected chi connectivity index (χ4v) is 4.15. The zero-order valence-corrected chi connectivity index (χ0v) is 18.5. The average molecular weight is 484 g/mol. The zero-order chi connectivity index (χ0) is 21.5. The molecule has 0 radical (unpaired) electrons. The molecular weight excluding hydrogens is 466 g/mol. The molecule has 1 aliphatic heterocycles. The van der Waals surface area contributed by atoms with Crippen LogP contribution in [-0.2, 0) is 9.53 Å². The number of carbonyl (C=O) groups excluding carboxylic acids is 1. The van der Waals surface area contributed by atoms with E-state index >= 15 is 0 Å². The van der Waals surface area contributed by atoms with Crippen LogP contribution in [0.2, 0.25) is 0 Å². The van der Waals surface area contributed by atoms with Crippen LogP contribution in [0.1, 0.15) is 12.5 Å². The van der Waals surface area contributed by atoms with Crippen molar-refractivity contribution in [2.24, 2.45) is 4.99 Å². The summed E-state index contributed by atoms with van der Waals surface area (Å²) < 4.78 is 11.3. The summed E-state index contributed by atoms with van der Waals surface area (Å²) in [7, 11) is 0. The fourth-order valence-electron chi connectivity index (χ4n) is 2.61. The van der Waals surface area contributed by atoms with Gasteiger partial charge in [0.2, 0.25) is 0 Å². The van der Waals surface area contributed by atoms with Crippen molar-refractivity contribution in [3.05, 3.63) is 74.8 Å². The lowest BCUT2D eigenvalue weighted by Gasteiger charge is -2.06. The third kappa shape index (κ3) is 5.15. The number of para-hydroxylation sites is 1. The number of halogens is 1. The number of hydrogen-bond acceptors (Lipinski definition) is 6. The lowest BCUT2D eigenvalue weighted by Crippen LogP contribution is -2.12. The summed E-state index contributed by atoms with van der Waals surface area (Å²) in [6, 6.07) is 14.7. The highest BCUT2D eigenvalue weighted by molar-refractivity contribution is 9.10. The van der Waals surface area contributed by atoms with E-state index in [0.717, 1.165) is 10.0 Å². The minimum Gasteiger partial charge on any atom is -0.506 e. The van der Waals surface area contributed by atoms with Crippen molar-refractivity contribution in [3.8, 4) is 18.1 Å². The first-order valence-corrected chi connectivity index (χ1v) is 10.6. The van der Waals surface area contributed by atoms with E-state index in [2.05, 4.69) is 26.8 Å². The van der Waals surface area contributed by atoms with Crippen LogP contribution in [0.25, 0.3) is 6.08 Å². The largest absolute Gasteiger partial charge is 0.506 e. The number of benzene rings is 2. The molecular formula is C23H18BrNO4S. The Hall–Kier alpha value is -2.95. The van der Waals surface area contributed by atoms with Gasteiger partial charge in [0.25, 0.3) is 0 Å². The third-order valence-corrected chi connectivity index (χ3v) is 5.56. The molecule has 2 aromatic carbocycles. The average Bonchev–Trinajstić information content (AvgIpc) is 3.03. The van der Waals surface area contributed by atoms with Crippen LogP contribution in [0.15, 0.2) is 74.2 Å². The molecule has 3 rings (SSSR count). The van der Waals surface area contributed by atoms with Gasteiger partial charge in [0.15, 0.2) is 0 Å². The van der Waals surface area contributed by atoms with E-state index < -0.39 is 5.97 Å². The lowest BCUT2D eigenvalue weighted by molar-refractivity contribution is -0.138. The highest BCUT2D eigenvalue weighted by Gasteiger charge is 2.33. The summed E-state index contributed by atoms with van der Waals surface area (Å²) in [5.74, 6) is 2.27. The molecule has 152 valence electrons. The van der Waals surface area contributed by atoms with Crippen LogP contribution in [-0.4, -0.2) is 29.3 Å². The van der Waals surface area contributed by atoms with E-state index in [4.69, 9.17) is 15.9 Å². The predicted molar refractivity (Wildman–Crippen MR) is 124 cm³/mol. The molecule has 0 bridgehead atoms. The van der Waals surface area contributed by atoms with Crippen molar-refractivity contribution < 1.29 is 19.4 Å². The van der Waals surface area contributed by atoms with E-state index in [-0.39, 0.29) is 24.5 Å². The first-order valence-electron chi connectivity index (χ1n) is 9.03. The van der Waals surface area contributed by atoms with Crippen LogP contribution >= 0.6 is 27.7 Å². The van der Waals surface area contributed by atoms with Crippen LogP contribution in [0.4, 0.5) is 5.69 Å². The number of carbonyl (C=O) groups is 1. The molecule has 0 fully saturated rings. The molecule has 0 aromatic heterocycles. The van der Waals surface area contributed by atoms with E-state index in [1.165, 1.54) is 11.8 Å². The first kappa shape index (κ1) is 21.8. The Morgan fingerprint density at radius 2 is 2.07 bits per heavy atom. The molecule has 7 heteroatoms. The molecule has 30 heavy (non-hydrogen) atoms. The van der Waals surface area contributed by atoms with Crippen molar-refractivity contribution in [1.82, 2.24) is 0 Å². The maximum atomic E-state index is 12.5. The SMILES string of the molecule is C#CCOc1ccc(/C=C2\SC(=Nc3ccccc3)C(C(=O)OCC)=C2O)cc1Br. The smallest absolute Gasteiger partial charge is 0.344 e. The highest BCUT2D eigenvalue weighted by Crippen LogP contribution is 2.40. The highest BCUT2D eigenvalue weighted by atomic mass is 79.9. The van der Waals surface area contributed by atoms with Gasteiger partial charge in [-0.25, -0.2) is 9.79 Å². The second-order valence-electron chi connectivity index (χ2n) is 5.99. The molecule has 0 aliphatic carbocycles. The Bertz CT molecular complexity index is 1080. The summed E-state index contributed by atoms with van der Waals surface area (Å²) in [5.41, 5.74) is 1.53. The maximum Gasteiger partial charge on any atom is 0.344 e. The van der Waals surface area contributed by atoms with Gasteiger partial charge < -0.3 is 14.6 Å². The summed E-state index contributed by atoms with van der Waals surface area (Å²) in [4.78, 5) is 17.5. The molecule has 0 amide bonds. The normalized spacial score (nSPS) is 16.0. The molecule has 2 aromatic rings. The van der Waals surface area contributed by atoms with Gasteiger partial charge in [-0.15, -0.1) is 6.42 Å². The van der Waals surface area contributed by atoms with Crippen LogP contribution in [0.3, 0.4) is 0 Å². The van der Waals surface area contributed by atoms with E-state index in [1.54, 1.807) is 19.1 Å². The van der Waals surface area contributed by atoms with Gasteiger partial charge in [-0.05, 0) is 58.8 Å². The van der Waals surface area contributed by atoms with E-state index in [9.17, 15) is 9.90 Å². The molecule has 0 spiro atoms. The third-order valence-electron chi connectivity index (χ3n) is 3.92. The van der Waals surface area contributed by atoms with Gasteiger partial charge in [-0.3, -0.25) is 0 Å². The molecule has 1 aliphatic rings. The Morgan fingerprint density at radius 1 is 1.30 bits per heavy atom. The van der Waals surface area contributed by atoms with E-state index in [1.807, 2.05) is 42.5 Å². The molecule has 0 atom stereocenters. The van der Waals surface area contributed by atoms with Gasteiger partial charge in [-0.2, -0.15) is 0 Å². The van der Waals surface area contributed by atoms with Gasteiger partial charge in [0.1, 0.15) is 28.7 Å². The number of ether oxygens (including phenoxy) is 2. The molecule has 0 saturated heterocycles. The number of aliphatic hydroxyl groups is 1. The van der Waals surface area contributed by atoms with Crippen molar-refractivity contribution in [1.29, 1.82) is 0 Å². The van der Waals surface area contributed by atoms with Gasteiger partial charge >= 0.3 is 5.97 Å². The quantitative estimate of drug-likeness (QED) is 0.424. The monoisotopic (exact) mass is 483 g/mol. The molecule has 5 nitrogen and oxygen atoms in total. The van der Waals surface area contributed by atoms with Gasteiger partial charge in [-0.1, -0.05) is 41.9 Å². The van der Waals surface area contributed by atoms with Crippen molar-refractivity contribution >= 4 is 50.5 Å². The van der Waals surface area contributed by atoms with Gasteiger partial charge in [0, 0.05) is 0 Å². The number of thioether (sulfide) groups is 1. The molecule has 1 N–H and O–H groups in total. The number of terminal acetylenes is 1. The van der Waals surface area contributed by atoms with Crippen molar-refractivity contribution in [2.75, 3.05) is 13.2 Å². The number of hydrogen-bond donors (Lipinski definition) is 1. The molecule has 0 unspecified atom stereocenters. The summed E-state index contributed by atoms with van der Waals surface area (Å²) >= 11 is 4.66. The number of rotatable bonds is 6.